The van der Waals surface area contributed by atoms with E-state index < -0.39 is 0 Å². The molecule has 1 aromatic heterocycles. The lowest BCUT2D eigenvalue weighted by Gasteiger charge is -2.03. The van der Waals surface area contributed by atoms with E-state index in [1.165, 1.54) is 0 Å². The summed E-state index contributed by atoms with van der Waals surface area (Å²) in [6.07, 6.45) is 4.10. The smallest absolute Gasteiger partial charge is 0.0918 e. The molecule has 2 nitrogen and oxygen atoms in total. The number of pyridine rings is 1. The van der Waals surface area contributed by atoms with E-state index in [1.54, 1.807) is 12.3 Å². The molecule has 1 aromatic rings. The first kappa shape index (κ1) is 8.48. The standard InChI is InChI=1S/C10H10N2/c1-2-5-9(8-11)10-6-3-4-7-12-10/h2-4,6-7,9H,1,5H2. The second kappa shape index (κ2) is 4.30. The molecule has 0 aliphatic heterocycles. The van der Waals surface area contributed by atoms with Gasteiger partial charge in [-0.25, -0.2) is 0 Å². The van der Waals surface area contributed by atoms with Gasteiger partial charge < -0.3 is 0 Å². The fraction of sp³-hybridized carbons (Fsp3) is 0.200. The zero-order chi connectivity index (χ0) is 8.81. The van der Waals surface area contributed by atoms with E-state index in [9.17, 15) is 0 Å². The first-order valence-corrected chi connectivity index (χ1v) is 3.80. The van der Waals surface area contributed by atoms with Crippen LogP contribution in [0.1, 0.15) is 18.0 Å². The Morgan fingerprint density at radius 3 is 3.00 bits per heavy atom. The van der Waals surface area contributed by atoms with Gasteiger partial charge in [-0.05, 0) is 18.6 Å². The highest BCUT2D eigenvalue weighted by Gasteiger charge is 2.07. The number of allylic oxidation sites excluding steroid dienone is 1. The lowest BCUT2D eigenvalue weighted by molar-refractivity contribution is 0.838. The quantitative estimate of drug-likeness (QED) is 0.632. The van der Waals surface area contributed by atoms with Gasteiger partial charge in [0.2, 0.25) is 0 Å². The van der Waals surface area contributed by atoms with Crippen LogP contribution in [0.25, 0.3) is 0 Å². The molecule has 1 unspecified atom stereocenters. The summed E-state index contributed by atoms with van der Waals surface area (Å²) in [5.41, 5.74) is 0.819. The van der Waals surface area contributed by atoms with Crippen molar-refractivity contribution in [3.63, 3.8) is 0 Å². The fourth-order valence-electron chi connectivity index (χ4n) is 0.988. The third-order valence-electron chi connectivity index (χ3n) is 1.60. The minimum absolute atomic E-state index is 0.149. The van der Waals surface area contributed by atoms with E-state index in [0.29, 0.717) is 6.42 Å². The molecule has 1 heterocycles. The fourth-order valence-corrected chi connectivity index (χ4v) is 0.988. The molecular weight excluding hydrogens is 148 g/mol. The molecule has 0 saturated heterocycles. The van der Waals surface area contributed by atoms with Crippen molar-refractivity contribution in [1.82, 2.24) is 4.98 Å². The summed E-state index contributed by atoms with van der Waals surface area (Å²) in [6.45, 7) is 3.60. The maximum atomic E-state index is 8.77. The van der Waals surface area contributed by atoms with E-state index in [-0.39, 0.29) is 5.92 Å². The molecule has 0 aliphatic rings. The monoisotopic (exact) mass is 158 g/mol. The molecule has 0 saturated carbocycles. The minimum Gasteiger partial charge on any atom is -0.260 e. The molecule has 0 amide bonds. The molecule has 0 spiro atoms. The Kier molecular flexibility index (Phi) is 3.04. The molecule has 2 heteroatoms. The number of hydrogen-bond acceptors (Lipinski definition) is 2. The highest BCUT2D eigenvalue weighted by Crippen LogP contribution is 2.15. The topological polar surface area (TPSA) is 36.7 Å². The van der Waals surface area contributed by atoms with Crippen LogP contribution in [0, 0.1) is 11.3 Å². The van der Waals surface area contributed by atoms with Gasteiger partial charge in [-0.2, -0.15) is 5.26 Å². The number of hydrogen-bond donors (Lipinski definition) is 0. The Balaban J connectivity index is 2.82. The van der Waals surface area contributed by atoms with Gasteiger partial charge in [-0.15, -0.1) is 6.58 Å². The van der Waals surface area contributed by atoms with Gasteiger partial charge in [0.15, 0.2) is 0 Å². The molecule has 12 heavy (non-hydrogen) atoms. The average Bonchev–Trinajstić information content (AvgIpc) is 2.15. The molecule has 0 bridgehead atoms. The number of nitrogens with zero attached hydrogens (tertiary/aromatic N) is 2. The predicted molar refractivity (Wildman–Crippen MR) is 47.4 cm³/mol. The molecule has 0 N–H and O–H groups in total. The van der Waals surface area contributed by atoms with Crippen molar-refractivity contribution in [3.05, 3.63) is 42.7 Å². The molecule has 0 aromatic carbocycles. The Labute approximate surface area is 72.2 Å². The summed E-state index contributed by atoms with van der Waals surface area (Å²) < 4.78 is 0. The Hall–Kier alpha value is -1.62. The minimum atomic E-state index is -0.149. The van der Waals surface area contributed by atoms with E-state index in [4.69, 9.17) is 5.26 Å². The van der Waals surface area contributed by atoms with Crippen LogP contribution in [0.3, 0.4) is 0 Å². The Morgan fingerprint density at radius 2 is 2.50 bits per heavy atom. The Morgan fingerprint density at radius 1 is 1.67 bits per heavy atom. The van der Waals surface area contributed by atoms with Crippen LogP contribution < -0.4 is 0 Å². The van der Waals surface area contributed by atoms with Gasteiger partial charge in [0.05, 0.1) is 17.7 Å². The van der Waals surface area contributed by atoms with Crippen molar-refractivity contribution in [3.8, 4) is 6.07 Å². The van der Waals surface area contributed by atoms with Gasteiger partial charge in [0, 0.05) is 6.20 Å². The van der Waals surface area contributed by atoms with Gasteiger partial charge in [0.1, 0.15) is 0 Å². The second-order valence-corrected chi connectivity index (χ2v) is 2.46. The highest BCUT2D eigenvalue weighted by molar-refractivity contribution is 5.17. The number of nitriles is 1. The predicted octanol–water partition coefficient (Wildman–Crippen LogP) is 2.26. The SMILES string of the molecule is C=CCC(C#N)c1ccccn1. The van der Waals surface area contributed by atoms with E-state index in [1.807, 2.05) is 18.2 Å². The largest absolute Gasteiger partial charge is 0.260 e. The van der Waals surface area contributed by atoms with Crippen molar-refractivity contribution in [1.29, 1.82) is 5.26 Å². The average molecular weight is 158 g/mol. The summed E-state index contributed by atoms with van der Waals surface area (Å²) in [5.74, 6) is -0.149. The summed E-state index contributed by atoms with van der Waals surface area (Å²) in [5, 5.41) is 8.77. The highest BCUT2D eigenvalue weighted by atomic mass is 14.7. The van der Waals surface area contributed by atoms with Crippen LogP contribution >= 0.6 is 0 Å². The van der Waals surface area contributed by atoms with Crippen molar-refractivity contribution in [2.75, 3.05) is 0 Å². The van der Waals surface area contributed by atoms with Gasteiger partial charge >= 0.3 is 0 Å². The third kappa shape index (κ3) is 1.93. The van der Waals surface area contributed by atoms with Crippen molar-refractivity contribution >= 4 is 0 Å². The summed E-state index contributed by atoms with van der Waals surface area (Å²) in [7, 11) is 0. The van der Waals surface area contributed by atoms with Gasteiger partial charge in [-0.3, -0.25) is 4.98 Å². The van der Waals surface area contributed by atoms with E-state index >= 15 is 0 Å². The van der Waals surface area contributed by atoms with Crippen LogP contribution in [0.15, 0.2) is 37.1 Å². The summed E-state index contributed by atoms with van der Waals surface area (Å²) in [6, 6.07) is 7.77. The van der Waals surface area contributed by atoms with Gasteiger partial charge in [0.25, 0.3) is 0 Å². The molecular formula is C10H10N2. The van der Waals surface area contributed by atoms with E-state index in [2.05, 4.69) is 17.6 Å². The third-order valence-corrected chi connectivity index (χ3v) is 1.60. The molecule has 0 fully saturated rings. The molecule has 0 aliphatic carbocycles. The Bertz CT molecular complexity index is 284. The van der Waals surface area contributed by atoms with Crippen LogP contribution in [-0.2, 0) is 0 Å². The first-order valence-electron chi connectivity index (χ1n) is 3.80. The maximum Gasteiger partial charge on any atom is 0.0918 e. The zero-order valence-electron chi connectivity index (χ0n) is 6.77. The van der Waals surface area contributed by atoms with E-state index in [0.717, 1.165) is 5.69 Å². The normalized spacial score (nSPS) is 11.6. The van der Waals surface area contributed by atoms with Crippen molar-refractivity contribution in [2.24, 2.45) is 0 Å². The number of aromatic nitrogens is 1. The van der Waals surface area contributed by atoms with Crippen molar-refractivity contribution < 1.29 is 0 Å². The lowest BCUT2D eigenvalue weighted by Crippen LogP contribution is -1.96. The number of rotatable bonds is 3. The first-order chi connectivity index (χ1) is 5.88. The van der Waals surface area contributed by atoms with Crippen molar-refractivity contribution in [2.45, 2.75) is 12.3 Å². The molecule has 60 valence electrons. The van der Waals surface area contributed by atoms with Crippen LogP contribution in [0.2, 0.25) is 0 Å². The maximum absolute atomic E-state index is 8.77. The zero-order valence-corrected chi connectivity index (χ0v) is 6.77. The molecule has 0 radical (unpaired) electrons. The van der Waals surface area contributed by atoms with Crippen LogP contribution in [-0.4, -0.2) is 4.98 Å². The summed E-state index contributed by atoms with van der Waals surface area (Å²) >= 11 is 0. The van der Waals surface area contributed by atoms with Crippen LogP contribution in [0.4, 0.5) is 0 Å². The second-order valence-electron chi connectivity index (χ2n) is 2.46. The van der Waals surface area contributed by atoms with Crippen LogP contribution in [0.5, 0.6) is 0 Å². The molecule has 1 rings (SSSR count). The van der Waals surface area contributed by atoms with Gasteiger partial charge in [-0.1, -0.05) is 12.1 Å². The molecule has 1 atom stereocenters. The lowest BCUT2D eigenvalue weighted by atomic mass is 10.0. The summed E-state index contributed by atoms with van der Waals surface area (Å²) in [4.78, 5) is 4.10.